The van der Waals surface area contributed by atoms with Crippen molar-refractivity contribution in [3.05, 3.63) is 47.8 Å². The number of imidazole rings is 1. The van der Waals surface area contributed by atoms with E-state index in [4.69, 9.17) is 0 Å². The van der Waals surface area contributed by atoms with Crippen molar-refractivity contribution in [3.8, 4) is 11.3 Å². The van der Waals surface area contributed by atoms with Crippen LogP contribution in [-0.2, 0) is 6.54 Å². The first-order valence-corrected chi connectivity index (χ1v) is 6.41. The van der Waals surface area contributed by atoms with Gasteiger partial charge in [0.1, 0.15) is 0 Å². The molecular weight excluding hydrogens is 252 g/mol. The zero-order chi connectivity index (χ0) is 13.7. The van der Waals surface area contributed by atoms with Gasteiger partial charge in [-0.2, -0.15) is 0 Å². The van der Waals surface area contributed by atoms with E-state index < -0.39 is 0 Å². The van der Waals surface area contributed by atoms with Crippen LogP contribution in [0.2, 0.25) is 0 Å². The van der Waals surface area contributed by atoms with Gasteiger partial charge in [-0.3, -0.25) is 4.79 Å². The average Bonchev–Trinajstić information content (AvgIpc) is 3.03. The highest BCUT2D eigenvalue weighted by molar-refractivity contribution is 5.98. The number of nitrogens with zero attached hydrogens (tertiary/aromatic N) is 3. The fraction of sp³-hybridized carbons (Fsp3) is 0.133. The zero-order valence-electron chi connectivity index (χ0n) is 10.9. The first kappa shape index (κ1) is 11.2. The Labute approximate surface area is 115 Å². The SMILES string of the molecule is CN1Cc2cc(-c3ccc4[nH]cnc4n3)ccc2C1=O. The molecule has 0 atom stereocenters. The van der Waals surface area contributed by atoms with Crippen LogP contribution in [0.4, 0.5) is 0 Å². The number of carbonyl (C=O) groups is 1. The van der Waals surface area contributed by atoms with Crippen LogP contribution in [0.5, 0.6) is 0 Å². The van der Waals surface area contributed by atoms with E-state index in [1.807, 2.05) is 37.4 Å². The molecule has 0 spiro atoms. The molecule has 5 heteroatoms. The van der Waals surface area contributed by atoms with Crippen LogP contribution in [0.3, 0.4) is 0 Å². The third-order valence-corrected chi connectivity index (χ3v) is 3.67. The molecular formula is C15H12N4O. The lowest BCUT2D eigenvalue weighted by atomic mass is 10.0. The van der Waals surface area contributed by atoms with Crippen LogP contribution in [0, 0.1) is 0 Å². The summed E-state index contributed by atoms with van der Waals surface area (Å²) >= 11 is 0. The fourth-order valence-electron chi connectivity index (χ4n) is 2.61. The molecule has 2 aromatic heterocycles. The van der Waals surface area contributed by atoms with Crippen LogP contribution >= 0.6 is 0 Å². The van der Waals surface area contributed by atoms with Crippen LogP contribution in [0.15, 0.2) is 36.7 Å². The number of fused-ring (bicyclic) bond motifs is 2. The van der Waals surface area contributed by atoms with E-state index in [0.29, 0.717) is 12.2 Å². The van der Waals surface area contributed by atoms with Crippen molar-refractivity contribution < 1.29 is 4.79 Å². The monoisotopic (exact) mass is 264 g/mol. The van der Waals surface area contributed by atoms with E-state index in [-0.39, 0.29) is 5.91 Å². The Bertz CT molecular complexity index is 837. The summed E-state index contributed by atoms with van der Waals surface area (Å²) in [5.74, 6) is 0.0854. The molecule has 0 fully saturated rings. The number of hydrogen-bond acceptors (Lipinski definition) is 3. The normalized spacial score (nSPS) is 14.1. The van der Waals surface area contributed by atoms with Gasteiger partial charge in [-0.25, -0.2) is 9.97 Å². The van der Waals surface area contributed by atoms with Gasteiger partial charge in [0.05, 0.1) is 17.5 Å². The summed E-state index contributed by atoms with van der Waals surface area (Å²) in [7, 11) is 1.82. The topological polar surface area (TPSA) is 61.9 Å². The second-order valence-electron chi connectivity index (χ2n) is 5.00. The van der Waals surface area contributed by atoms with Gasteiger partial charge in [0, 0.05) is 24.7 Å². The van der Waals surface area contributed by atoms with Crippen LogP contribution in [-0.4, -0.2) is 32.8 Å². The van der Waals surface area contributed by atoms with Crippen molar-refractivity contribution in [1.29, 1.82) is 0 Å². The van der Waals surface area contributed by atoms with Crippen LogP contribution in [0.1, 0.15) is 15.9 Å². The van der Waals surface area contributed by atoms with Gasteiger partial charge in [-0.05, 0) is 29.8 Å². The molecule has 3 heterocycles. The number of aromatic nitrogens is 3. The third-order valence-electron chi connectivity index (χ3n) is 3.67. The molecule has 0 saturated carbocycles. The standard InChI is InChI=1S/C15H12N4O/c1-19-7-10-6-9(2-3-11(10)15(19)20)12-4-5-13-14(18-12)17-8-16-13/h2-6,8H,7H2,1H3,(H,16,17,18). The van der Waals surface area contributed by atoms with Crippen molar-refractivity contribution in [3.63, 3.8) is 0 Å². The largest absolute Gasteiger partial charge is 0.343 e. The summed E-state index contributed by atoms with van der Waals surface area (Å²) in [5.41, 5.74) is 5.35. The highest BCUT2D eigenvalue weighted by Gasteiger charge is 2.24. The predicted molar refractivity (Wildman–Crippen MR) is 75.1 cm³/mol. The Kier molecular flexibility index (Phi) is 2.18. The molecule has 0 radical (unpaired) electrons. The van der Waals surface area contributed by atoms with Gasteiger partial charge < -0.3 is 9.88 Å². The lowest BCUT2D eigenvalue weighted by Gasteiger charge is -2.04. The molecule has 20 heavy (non-hydrogen) atoms. The summed E-state index contributed by atoms with van der Waals surface area (Å²) in [4.78, 5) is 25.3. The van der Waals surface area contributed by atoms with E-state index >= 15 is 0 Å². The maximum absolute atomic E-state index is 11.9. The highest BCUT2D eigenvalue weighted by Crippen LogP contribution is 2.27. The Morgan fingerprint density at radius 1 is 1.25 bits per heavy atom. The van der Waals surface area contributed by atoms with E-state index in [9.17, 15) is 4.79 Å². The minimum atomic E-state index is 0.0854. The second-order valence-corrected chi connectivity index (χ2v) is 5.00. The van der Waals surface area contributed by atoms with Crippen molar-refractivity contribution in [2.45, 2.75) is 6.54 Å². The molecule has 0 unspecified atom stereocenters. The van der Waals surface area contributed by atoms with Crippen LogP contribution in [0.25, 0.3) is 22.4 Å². The van der Waals surface area contributed by atoms with Gasteiger partial charge >= 0.3 is 0 Å². The minimum Gasteiger partial charge on any atom is -0.343 e. The highest BCUT2D eigenvalue weighted by atomic mass is 16.2. The van der Waals surface area contributed by atoms with Crippen LogP contribution < -0.4 is 0 Å². The first-order chi connectivity index (χ1) is 9.72. The van der Waals surface area contributed by atoms with E-state index in [0.717, 1.165) is 27.9 Å². The number of nitrogens with one attached hydrogen (secondary N) is 1. The van der Waals surface area contributed by atoms with Gasteiger partial charge in [0.15, 0.2) is 5.65 Å². The summed E-state index contributed by atoms with van der Waals surface area (Å²) in [6.07, 6.45) is 1.64. The van der Waals surface area contributed by atoms with Gasteiger partial charge in [0.25, 0.3) is 5.91 Å². The molecule has 1 aliphatic heterocycles. The van der Waals surface area contributed by atoms with Crippen molar-refractivity contribution in [2.75, 3.05) is 7.05 Å². The number of amides is 1. The lowest BCUT2D eigenvalue weighted by Crippen LogP contribution is -2.17. The molecule has 3 aromatic rings. The smallest absolute Gasteiger partial charge is 0.254 e. The number of H-pyrrole nitrogens is 1. The summed E-state index contributed by atoms with van der Waals surface area (Å²) in [6, 6.07) is 9.79. The second kappa shape index (κ2) is 3.90. The molecule has 0 saturated heterocycles. The van der Waals surface area contributed by atoms with E-state index in [1.165, 1.54) is 0 Å². The minimum absolute atomic E-state index is 0.0854. The molecule has 1 aliphatic rings. The molecule has 0 aliphatic carbocycles. The molecule has 1 amide bonds. The Morgan fingerprint density at radius 2 is 2.15 bits per heavy atom. The fourth-order valence-corrected chi connectivity index (χ4v) is 2.61. The first-order valence-electron chi connectivity index (χ1n) is 6.41. The summed E-state index contributed by atoms with van der Waals surface area (Å²) < 4.78 is 0. The number of aromatic amines is 1. The van der Waals surface area contributed by atoms with Gasteiger partial charge in [-0.1, -0.05) is 6.07 Å². The Hall–Kier alpha value is -2.69. The average molecular weight is 264 g/mol. The number of benzene rings is 1. The van der Waals surface area contributed by atoms with Crippen molar-refractivity contribution >= 4 is 17.1 Å². The molecule has 1 aromatic carbocycles. The van der Waals surface area contributed by atoms with E-state index in [1.54, 1.807) is 11.2 Å². The third kappa shape index (κ3) is 1.53. The number of rotatable bonds is 1. The summed E-state index contributed by atoms with van der Waals surface area (Å²) in [6.45, 7) is 0.659. The number of carbonyl (C=O) groups excluding carboxylic acids is 1. The quantitative estimate of drug-likeness (QED) is 0.733. The molecule has 4 rings (SSSR count). The molecule has 1 N–H and O–H groups in total. The van der Waals surface area contributed by atoms with Gasteiger partial charge in [-0.15, -0.1) is 0 Å². The predicted octanol–water partition coefficient (Wildman–Crippen LogP) is 2.21. The molecule has 98 valence electrons. The number of hydrogen-bond donors (Lipinski definition) is 1. The van der Waals surface area contributed by atoms with E-state index in [2.05, 4.69) is 15.0 Å². The lowest BCUT2D eigenvalue weighted by molar-refractivity contribution is 0.0816. The Balaban J connectivity index is 1.83. The Morgan fingerprint density at radius 3 is 3.05 bits per heavy atom. The molecule has 5 nitrogen and oxygen atoms in total. The van der Waals surface area contributed by atoms with Crippen molar-refractivity contribution in [2.24, 2.45) is 0 Å². The molecule has 0 bridgehead atoms. The zero-order valence-corrected chi connectivity index (χ0v) is 10.9. The maximum atomic E-state index is 11.9. The summed E-state index contributed by atoms with van der Waals surface area (Å²) in [5, 5.41) is 0. The maximum Gasteiger partial charge on any atom is 0.254 e. The van der Waals surface area contributed by atoms with Gasteiger partial charge in [0.2, 0.25) is 0 Å². The number of pyridine rings is 1. The van der Waals surface area contributed by atoms with Crippen molar-refractivity contribution in [1.82, 2.24) is 19.9 Å².